The van der Waals surface area contributed by atoms with Crippen molar-refractivity contribution in [2.75, 3.05) is 6.54 Å². The van der Waals surface area contributed by atoms with Gasteiger partial charge in [-0.25, -0.2) is 0 Å². The van der Waals surface area contributed by atoms with Crippen molar-refractivity contribution >= 4 is 22.6 Å². The smallest absolute Gasteiger partial charge is 0.348 e. The van der Waals surface area contributed by atoms with E-state index in [2.05, 4.69) is 25.1 Å². The molecule has 174 valence electrons. The van der Waals surface area contributed by atoms with E-state index in [1.165, 1.54) is 13.0 Å². The van der Waals surface area contributed by atoms with Crippen molar-refractivity contribution in [2.45, 2.75) is 31.6 Å². The Morgan fingerprint density at radius 2 is 1.33 bits per heavy atom. The lowest BCUT2D eigenvalue weighted by Crippen LogP contribution is -2.55. The fourth-order valence-corrected chi connectivity index (χ4v) is 4.13. The van der Waals surface area contributed by atoms with Gasteiger partial charge in [0, 0.05) is 12.1 Å². The molecule has 0 atom stereocenters. The normalized spacial score (nSPS) is 14.5. The van der Waals surface area contributed by atoms with Crippen LogP contribution in [0.25, 0.3) is 16.7 Å². The van der Waals surface area contributed by atoms with Gasteiger partial charge in [-0.15, -0.1) is 0 Å². The lowest BCUT2D eigenvalue weighted by molar-refractivity contribution is -0.288. The van der Waals surface area contributed by atoms with Gasteiger partial charge in [0.05, 0.1) is 0 Å². The lowest BCUT2D eigenvalue weighted by Gasteiger charge is -2.39. The number of carbonyl (C=O) groups excluding carboxylic acids is 1. The average molecular weight is 465 g/mol. The second kappa shape index (κ2) is 7.93. The molecule has 2 aromatic carbocycles. The van der Waals surface area contributed by atoms with E-state index in [4.69, 9.17) is 0 Å². The Morgan fingerprint density at radius 1 is 0.818 bits per heavy atom. The van der Waals surface area contributed by atoms with Crippen molar-refractivity contribution in [1.29, 1.82) is 0 Å². The molecule has 2 aromatic rings. The van der Waals surface area contributed by atoms with Gasteiger partial charge >= 0.3 is 12.4 Å². The zero-order chi connectivity index (χ0) is 24.9. The van der Waals surface area contributed by atoms with Gasteiger partial charge in [-0.05, 0) is 65.4 Å². The van der Waals surface area contributed by atoms with E-state index in [0.717, 1.165) is 24.3 Å². The average Bonchev–Trinajstić information content (AvgIpc) is 2.69. The van der Waals surface area contributed by atoms with Crippen molar-refractivity contribution in [1.82, 2.24) is 5.32 Å². The molecule has 3 rings (SSSR count). The van der Waals surface area contributed by atoms with Gasteiger partial charge in [0.2, 0.25) is 5.41 Å². The number of rotatable bonds is 4. The number of hydrogen-bond acceptors (Lipinski definition) is 1. The Balaban J connectivity index is 2.45. The first-order valence-electron chi connectivity index (χ1n) is 9.83. The van der Waals surface area contributed by atoms with Crippen molar-refractivity contribution in [3.8, 4) is 0 Å². The van der Waals surface area contributed by atoms with Crippen LogP contribution in [0.1, 0.15) is 52.0 Å². The van der Waals surface area contributed by atoms with Crippen LogP contribution in [0.2, 0.25) is 0 Å². The van der Waals surface area contributed by atoms with Gasteiger partial charge in [-0.3, -0.25) is 4.79 Å². The summed E-state index contributed by atoms with van der Waals surface area (Å²) in [6.45, 7) is 14.2. The first-order valence-corrected chi connectivity index (χ1v) is 9.83. The Kier molecular flexibility index (Phi) is 5.86. The summed E-state index contributed by atoms with van der Waals surface area (Å²) in [5, 5.41) is 2.47. The van der Waals surface area contributed by atoms with Crippen LogP contribution in [0.15, 0.2) is 56.1 Å². The third-order valence-electron chi connectivity index (χ3n) is 5.76. The van der Waals surface area contributed by atoms with Crippen LogP contribution in [0, 0.1) is 0 Å². The van der Waals surface area contributed by atoms with Gasteiger partial charge in [-0.2, -0.15) is 26.3 Å². The number of allylic oxidation sites excluding steroid dienone is 2. The number of fused-ring (bicyclic) bond motifs is 1. The topological polar surface area (TPSA) is 29.1 Å². The Morgan fingerprint density at radius 3 is 1.85 bits per heavy atom. The molecular weight excluding hydrogens is 444 g/mol. The minimum atomic E-state index is -5.76. The minimum absolute atomic E-state index is 0.0338. The Labute approximate surface area is 187 Å². The monoisotopic (exact) mass is 465 g/mol. The third kappa shape index (κ3) is 3.77. The predicted molar refractivity (Wildman–Crippen MR) is 117 cm³/mol. The summed E-state index contributed by atoms with van der Waals surface area (Å²) < 4.78 is 87.5. The SMILES string of the molecule is C=C(C)c1ccc(C(c2ccc3c(c2)C(=C)CNC3=O)(C(F)(F)F)C(F)(F)F)cc1C(=C)C. The van der Waals surface area contributed by atoms with E-state index in [1.807, 2.05) is 0 Å². The predicted octanol–water partition coefficient (Wildman–Crippen LogP) is 6.92. The fourth-order valence-electron chi connectivity index (χ4n) is 4.13. The Hall–Kier alpha value is -3.29. The summed E-state index contributed by atoms with van der Waals surface area (Å²) in [5.41, 5.74) is -4.96. The first-order chi connectivity index (χ1) is 15.1. The number of benzene rings is 2. The molecule has 2 nitrogen and oxygen atoms in total. The van der Waals surface area contributed by atoms with E-state index in [1.54, 1.807) is 6.92 Å². The van der Waals surface area contributed by atoms with Gasteiger partial charge in [0.25, 0.3) is 5.91 Å². The molecular formula is C25H21F6NO. The zero-order valence-corrected chi connectivity index (χ0v) is 18.0. The molecule has 0 aliphatic carbocycles. The van der Waals surface area contributed by atoms with Crippen LogP contribution in [0.4, 0.5) is 26.3 Å². The quantitative estimate of drug-likeness (QED) is 0.488. The van der Waals surface area contributed by atoms with E-state index >= 15 is 0 Å². The molecule has 1 amide bonds. The molecule has 1 N–H and O–H groups in total. The summed E-state index contributed by atoms with van der Waals surface area (Å²) in [7, 11) is 0. The highest BCUT2D eigenvalue weighted by atomic mass is 19.4. The molecule has 1 aliphatic heterocycles. The molecule has 0 radical (unpaired) electrons. The molecule has 0 saturated heterocycles. The van der Waals surface area contributed by atoms with Crippen molar-refractivity contribution in [2.24, 2.45) is 0 Å². The maximum Gasteiger partial charge on any atom is 0.411 e. The van der Waals surface area contributed by atoms with Crippen molar-refractivity contribution < 1.29 is 31.1 Å². The maximum atomic E-state index is 14.6. The van der Waals surface area contributed by atoms with Gasteiger partial charge in [0.15, 0.2) is 0 Å². The third-order valence-corrected chi connectivity index (χ3v) is 5.76. The molecule has 0 unspecified atom stereocenters. The minimum Gasteiger partial charge on any atom is -0.348 e. The summed E-state index contributed by atoms with van der Waals surface area (Å²) in [5.74, 6) is -0.594. The van der Waals surface area contributed by atoms with E-state index in [9.17, 15) is 31.1 Å². The summed E-state index contributed by atoms with van der Waals surface area (Å²) in [6, 6.07) is 5.32. The second-order valence-corrected chi connectivity index (χ2v) is 8.11. The van der Waals surface area contributed by atoms with Crippen molar-refractivity contribution in [3.05, 3.63) is 89.5 Å². The molecule has 0 fully saturated rings. The number of alkyl halides is 6. The number of carbonyl (C=O) groups is 1. The van der Waals surface area contributed by atoms with E-state index < -0.39 is 34.8 Å². The summed E-state index contributed by atoms with van der Waals surface area (Å²) in [6.07, 6.45) is -11.5. The number of nitrogens with one attached hydrogen (secondary N) is 1. The largest absolute Gasteiger partial charge is 0.411 e. The zero-order valence-electron chi connectivity index (χ0n) is 18.0. The molecule has 0 bridgehead atoms. The molecule has 1 heterocycles. The number of amides is 1. The van der Waals surface area contributed by atoms with Crippen LogP contribution in [-0.4, -0.2) is 24.8 Å². The molecule has 0 saturated carbocycles. The van der Waals surface area contributed by atoms with Crippen LogP contribution in [-0.2, 0) is 5.41 Å². The molecule has 8 heteroatoms. The number of hydrogen-bond donors (Lipinski definition) is 1. The summed E-state index contributed by atoms with van der Waals surface area (Å²) in [4.78, 5) is 12.1. The van der Waals surface area contributed by atoms with Crippen LogP contribution in [0.5, 0.6) is 0 Å². The highest BCUT2D eigenvalue weighted by Crippen LogP contribution is 2.57. The molecule has 0 spiro atoms. The molecule has 0 aromatic heterocycles. The van der Waals surface area contributed by atoms with Crippen LogP contribution in [0.3, 0.4) is 0 Å². The van der Waals surface area contributed by atoms with E-state index in [-0.39, 0.29) is 28.8 Å². The van der Waals surface area contributed by atoms with Crippen LogP contribution < -0.4 is 5.32 Å². The lowest BCUT2D eigenvalue weighted by atomic mass is 9.71. The highest BCUT2D eigenvalue weighted by molar-refractivity contribution is 6.02. The standard InChI is InChI=1S/C25H21F6NO/c1-13(2)18-8-6-16(10-20(18)14(3)4)23(24(26,27)28,25(29,30)31)17-7-9-19-21(11-17)15(5)12-32-22(19)33/h6-11H,1,3,5,12H2,2,4H3,(H,32,33). The van der Waals surface area contributed by atoms with Crippen LogP contribution >= 0.6 is 0 Å². The molecule has 1 aliphatic rings. The Bertz CT molecular complexity index is 1130. The fraction of sp³-hybridized carbons (Fsp3) is 0.240. The van der Waals surface area contributed by atoms with Gasteiger partial charge in [0.1, 0.15) is 0 Å². The van der Waals surface area contributed by atoms with Gasteiger partial charge in [-0.1, -0.05) is 49.1 Å². The highest BCUT2D eigenvalue weighted by Gasteiger charge is 2.72. The second-order valence-electron chi connectivity index (χ2n) is 8.11. The molecule has 33 heavy (non-hydrogen) atoms. The number of halogens is 6. The van der Waals surface area contributed by atoms with Gasteiger partial charge < -0.3 is 5.32 Å². The summed E-state index contributed by atoms with van der Waals surface area (Å²) >= 11 is 0. The maximum absolute atomic E-state index is 14.6. The first kappa shape index (κ1) is 24.4. The van der Waals surface area contributed by atoms with Crippen molar-refractivity contribution in [3.63, 3.8) is 0 Å². The van der Waals surface area contributed by atoms with E-state index in [0.29, 0.717) is 22.8 Å².